The van der Waals surface area contributed by atoms with Gasteiger partial charge in [-0.2, -0.15) is 0 Å². The molecular formula is C28H32N4O3S. The van der Waals surface area contributed by atoms with Crippen molar-refractivity contribution in [2.24, 2.45) is 5.92 Å². The minimum Gasteiger partial charge on any atom is -0.396 e. The number of nitrogens with two attached hydrogens (primary N) is 1. The summed E-state index contributed by atoms with van der Waals surface area (Å²) in [6.45, 7) is 5.58. The highest BCUT2D eigenvalue weighted by molar-refractivity contribution is 7.92. The lowest BCUT2D eigenvalue weighted by atomic mass is 9.92. The molecule has 7 nitrogen and oxygen atoms in total. The van der Waals surface area contributed by atoms with Gasteiger partial charge in [0.25, 0.3) is 5.56 Å². The summed E-state index contributed by atoms with van der Waals surface area (Å²) in [5, 5.41) is 0.947. The van der Waals surface area contributed by atoms with E-state index in [0.29, 0.717) is 23.0 Å². The highest BCUT2D eigenvalue weighted by Crippen LogP contribution is 2.44. The number of hydrogen-bond donors (Lipinski definition) is 2. The first-order valence-corrected chi connectivity index (χ1v) is 14.0. The Hall–Kier alpha value is -3.52. The van der Waals surface area contributed by atoms with E-state index in [1.807, 2.05) is 63.2 Å². The lowest BCUT2D eigenvalue weighted by Gasteiger charge is -2.30. The highest BCUT2D eigenvalue weighted by Gasteiger charge is 2.27. The number of nitrogens with one attached hydrogen (secondary N) is 1. The number of hydrogen-bond acceptors (Lipinski definition) is 4. The zero-order valence-electron chi connectivity index (χ0n) is 20.9. The molecule has 0 saturated heterocycles. The van der Waals surface area contributed by atoms with E-state index in [1.165, 1.54) is 0 Å². The maximum absolute atomic E-state index is 12.8. The lowest BCUT2D eigenvalue weighted by molar-refractivity contribution is 0.324. The Labute approximate surface area is 211 Å². The summed E-state index contributed by atoms with van der Waals surface area (Å²) < 4.78 is 31.4. The maximum Gasteiger partial charge on any atom is 0.257 e. The van der Waals surface area contributed by atoms with E-state index in [4.69, 9.17) is 5.73 Å². The smallest absolute Gasteiger partial charge is 0.257 e. The molecule has 0 amide bonds. The number of nitrogens with zero attached hydrogens (tertiary/aromatic N) is 2. The van der Waals surface area contributed by atoms with Gasteiger partial charge in [-0.05, 0) is 68.5 Å². The van der Waals surface area contributed by atoms with Gasteiger partial charge in [-0.15, -0.1) is 0 Å². The standard InChI is InChI=1S/C28H32N4O3S/c1-18(2)17-36(34,35)30-21-11-9-20(10-12-21)27-26(29)24-14-13-23(31-15-5-6-19(3)28(31)33)16-25(24)32(27)22-7-4-8-22/h5-6,9-16,18,22,30H,4,7-8,17,29H2,1-3H3. The number of pyridine rings is 1. The molecule has 4 aromatic rings. The van der Waals surface area contributed by atoms with Crippen LogP contribution in [0, 0.1) is 12.8 Å². The number of aryl methyl sites for hydroxylation is 1. The molecule has 0 unspecified atom stereocenters. The first-order chi connectivity index (χ1) is 17.1. The number of benzene rings is 2. The molecule has 2 aromatic heterocycles. The third-order valence-corrected chi connectivity index (χ3v) is 8.52. The molecule has 0 bridgehead atoms. The van der Waals surface area contributed by atoms with E-state index in [0.717, 1.165) is 47.1 Å². The fourth-order valence-corrected chi connectivity index (χ4v) is 6.41. The Balaban J connectivity index is 1.60. The summed E-state index contributed by atoms with van der Waals surface area (Å²) in [6.07, 6.45) is 5.09. The van der Waals surface area contributed by atoms with Crippen LogP contribution in [0.5, 0.6) is 0 Å². The number of nitrogen functional groups attached to an aromatic ring is 1. The van der Waals surface area contributed by atoms with E-state index < -0.39 is 10.0 Å². The number of fused-ring (bicyclic) bond motifs is 1. The molecule has 2 aromatic carbocycles. The third kappa shape index (κ3) is 4.41. The van der Waals surface area contributed by atoms with Crippen molar-refractivity contribution in [3.05, 3.63) is 76.7 Å². The van der Waals surface area contributed by atoms with E-state index in [-0.39, 0.29) is 17.2 Å². The summed E-state index contributed by atoms with van der Waals surface area (Å²) >= 11 is 0. The van der Waals surface area contributed by atoms with Crippen LogP contribution in [0.3, 0.4) is 0 Å². The minimum absolute atomic E-state index is 0.0395. The van der Waals surface area contributed by atoms with E-state index in [1.54, 1.807) is 22.9 Å². The zero-order valence-corrected chi connectivity index (χ0v) is 21.7. The van der Waals surface area contributed by atoms with E-state index in [9.17, 15) is 13.2 Å². The molecule has 8 heteroatoms. The van der Waals surface area contributed by atoms with Crippen molar-refractivity contribution in [1.82, 2.24) is 9.13 Å². The van der Waals surface area contributed by atoms with Gasteiger partial charge in [-0.1, -0.05) is 32.0 Å². The zero-order chi connectivity index (χ0) is 25.6. The predicted octanol–water partition coefficient (Wildman–Crippen LogP) is 5.47. The average molecular weight is 505 g/mol. The van der Waals surface area contributed by atoms with Crippen LogP contribution in [-0.2, 0) is 10.0 Å². The Bertz CT molecular complexity index is 1590. The summed E-state index contributed by atoms with van der Waals surface area (Å²) in [5.41, 5.74) is 12.3. The van der Waals surface area contributed by atoms with Gasteiger partial charge in [0.1, 0.15) is 0 Å². The van der Waals surface area contributed by atoms with Crippen molar-refractivity contribution in [1.29, 1.82) is 0 Å². The van der Waals surface area contributed by atoms with Crippen molar-refractivity contribution in [2.75, 3.05) is 16.2 Å². The van der Waals surface area contributed by atoms with Gasteiger partial charge in [0.05, 0.1) is 28.3 Å². The Morgan fingerprint density at radius 1 is 1.08 bits per heavy atom. The van der Waals surface area contributed by atoms with Gasteiger partial charge in [-0.25, -0.2) is 8.42 Å². The predicted molar refractivity (Wildman–Crippen MR) is 147 cm³/mol. The molecule has 0 radical (unpaired) electrons. The Morgan fingerprint density at radius 2 is 1.81 bits per heavy atom. The second-order valence-electron chi connectivity index (χ2n) is 10.1. The van der Waals surface area contributed by atoms with Crippen LogP contribution in [0.15, 0.2) is 65.6 Å². The molecule has 0 atom stereocenters. The molecule has 1 aliphatic rings. The molecule has 36 heavy (non-hydrogen) atoms. The van der Waals surface area contributed by atoms with Gasteiger partial charge in [0.15, 0.2) is 0 Å². The van der Waals surface area contributed by atoms with Crippen molar-refractivity contribution in [3.8, 4) is 16.9 Å². The average Bonchev–Trinajstić information content (AvgIpc) is 3.05. The molecule has 1 aliphatic carbocycles. The molecular weight excluding hydrogens is 472 g/mol. The number of anilines is 2. The number of sulfonamides is 1. The largest absolute Gasteiger partial charge is 0.396 e. The number of rotatable bonds is 7. The van der Waals surface area contributed by atoms with E-state index >= 15 is 0 Å². The first kappa shape index (κ1) is 24.2. The SMILES string of the molecule is Cc1cccn(-c2ccc3c(N)c(-c4ccc(NS(=O)(=O)CC(C)C)cc4)n(C4CCC4)c3c2)c1=O. The number of aromatic nitrogens is 2. The molecule has 0 aliphatic heterocycles. The van der Waals surface area contributed by atoms with Crippen LogP contribution >= 0.6 is 0 Å². The van der Waals surface area contributed by atoms with Crippen LogP contribution in [-0.4, -0.2) is 23.3 Å². The molecule has 5 rings (SSSR count). The Morgan fingerprint density at radius 3 is 2.44 bits per heavy atom. The summed E-state index contributed by atoms with van der Waals surface area (Å²) in [7, 11) is -3.40. The van der Waals surface area contributed by atoms with E-state index in [2.05, 4.69) is 9.29 Å². The maximum atomic E-state index is 12.8. The van der Waals surface area contributed by atoms with Gasteiger partial charge < -0.3 is 10.3 Å². The third-order valence-electron chi connectivity index (χ3n) is 6.87. The van der Waals surface area contributed by atoms with Gasteiger partial charge in [0, 0.05) is 34.4 Å². The fourth-order valence-electron chi connectivity index (χ4n) is 4.96. The monoisotopic (exact) mass is 504 g/mol. The van der Waals surface area contributed by atoms with Crippen molar-refractivity contribution >= 4 is 32.3 Å². The van der Waals surface area contributed by atoms with Crippen LogP contribution in [0.25, 0.3) is 27.8 Å². The van der Waals surface area contributed by atoms with Gasteiger partial charge in [-0.3, -0.25) is 14.1 Å². The van der Waals surface area contributed by atoms with Crippen molar-refractivity contribution in [3.63, 3.8) is 0 Å². The van der Waals surface area contributed by atoms with Gasteiger partial charge >= 0.3 is 0 Å². The molecule has 188 valence electrons. The van der Waals surface area contributed by atoms with Crippen LogP contribution in [0.1, 0.15) is 44.7 Å². The Kier molecular flexibility index (Phi) is 6.16. The van der Waals surface area contributed by atoms with Crippen LogP contribution in [0.2, 0.25) is 0 Å². The van der Waals surface area contributed by atoms with Crippen molar-refractivity contribution in [2.45, 2.75) is 46.1 Å². The van der Waals surface area contributed by atoms with Crippen LogP contribution < -0.4 is 16.0 Å². The van der Waals surface area contributed by atoms with Crippen molar-refractivity contribution < 1.29 is 8.42 Å². The molecule has 2 heterocycles. The molecule has 1 fully saturated rings. The normalized spacial score (nSPS) is 14.3. The topological polar surface area (TPSA) is 99.1 Å². The first-order valence-electron chi connectivity index (χ1n) is 12.4. The second kappa shape index (κ2) is 9.17. The highest BCUT2D eigenvalue weighted by atomic mass is 32.2. The second-order valence-corrected chi connectivity index (χ2v) is 11.9. The molecule has 3 N–H and O–H groups in total. The minimum atomic E-state index is -3.40. The molecule has 1 saturated carbocycles. The lowest BCUT2D eigenvalue weighted by Crippen LogP contribution is -2.20. The summed E-state index contributed by atoms with van der Waals surface area (Å²) in [5.74, 6) is 0.115. The molecule has 0 spiro atoms. The van der Waals surface area contributed by atoms with Gasteiger partial charge in [0.2, 0.25) is 10.0 Å². The summed E-state index contributed by atoms with van der Waals surface area (Å²) in [4.78, 5) is 12.8. The summed E-state index contributed by atoms with van der Waals surface area (Å²) in [6, 6.07) is 17.4. The quantitative estimate of drug-likeness (QED) is 0.348. The fraction of sp³-hybridized carbons (Fsp3) is 0.321. The van der Waals surface area contributed by atoms with Crippen LogP contribution in [0.4, 0.5) is 11.4 Å².